The van der Waals surface area contributed by atoms with E-state index in [-0.39, 0.29) is 29.2 Å². The van der Waals surface area contributed by atoms with Crippen molar-refractivity contribution in [2.24, 2.45) is 5.92 Å². The Hall–Kier alpha value is -3.44. The maximum absolute atomic E-state index is 14.9. The molecule has 3 aromatic rings. The van der Waals surface area contributed by atoms with Crippen LogP contribution in [0.1, 0.15) is 49.7 Å². The van der Waals surface area contributed by atoms with Crippen LogP contribution in [-0.2, 0) is 6.11 Å². The predicted molar refractivity (Wildman–Crippen MR) is 120 cm³/mol. The summed E-state index contributed by atoms with van der Waals surface area (Å²) in [5.41, 5.74) is -1.49. The minimum atomic E-state index is -5.52. The van der Waals surface area contributed by atoms with E-state index in [1.165, 1.54) is 12.1 Å². The summed E-state index contributed by atoms with van der Waals surface area (Å²) in [6.07, 6.45) is -6.61. The van der Waals surface area contributed by atoms with Crippen molar-refractivity contribution in [1.29, 1.82) is 0 Å². The van der Waals surface area contributed by atoms with E-state index in [0.717, 1.165) is 31.2 Å². The highest BCUT2D eigenvalue weighted by Crippen LogP contribution is 2.41. The van der Waals surface area contributed by atoms with E-state index < -0.39 is 58.6 Å². The van der Waals surface area contributed by atoms with Crippen molar-refractivity contribution in [3.05, 3.63) is 82.7 Å². The first-order valence-corrected chi connectivity index (χ1v) is 11.8. The zero-order valence-corrected chi connectivity index (χ0v) is 20.1. The molecule has 0 unspecified atom stereocenters. The highest BCUT2D eigenvalue weighted by molar-refractivity contribution is 5.66. The maximum Gasteiger partial charge on any atom is 0.573 e. The van der Waals surface area contributed by atoms with Crippen LogP contribution in [0, 0.1) is 35.0 Å². The lowest BCUT2D eigenvalue weighted by molar-refractivity contribution is -0.276. The van der Waals surface area contributed by atoms with Crippen molar-refractivity contribution in [3.63, 3.8) is 0 Å². The summed E-state index contributed by atoms with van der Waals surface area (Å²) in [6, 6.07) is 4.81. The second-order valence-corrected chi connectivity index (χ2v) is 9.40. The standard InChI is InChI=1S/C27H20F10O2/c1-13-2-4-14(5-3-13)15-6-7-18(19(28)8-15)16-9-20(29)24(21(30)10-16)38-26(33,34)17-11-22(31)25(23(32)12-17)39-27(35,36)37/h6-14H,2-5H2,1H3. The molecule has 210 valence electrons. The first kappa shape index (κ1) is 28.6. The normalized spacial score (nSPS) is 18.2. The van der Waals surface area contributed by atoms with Crippen LogP contribution in [-0.4, -0.2) is 6.36 Å². The Morgan fingerprint density at radius 3 is 1.67 bits per heavy atom. The molecule has 0 bridgehead atoms. The highest BCUT2D eigenvalue weighted by atomic mass is 19.4. The van der Waals surface area contributed by atoms with Gasteiger partial charge in [-0.3, -0.25) is 0 Å². The molecule has 1 aliphatic rings. The van der Waals surface area contributed by atoms with Gasteiger partial charge in [-0.1, -0.05) is 31.9 Å². The molecule has 12 heteroatoms. The largest absolute Gasteiger partial charge is 0.573 e. The van der Waals surface area contributed by atoms with Crippen molar-refractivity contribution in [2.45, 2.75) is 51.0 Å². The molecular formula is C27H20F10O2. The first-order chi connectivity index (χ1) is 18.1. The van der Waals surface area contributed by atoms with E-state index in [9.17, 15) is 43.9 Å². The van der Waals surface area contributed by atoms with E-state index in [1.54, 1.807) is 6.07 Å². The third kappa shape index (κ3) is 6.42. The molecule has 0 heterocycles. The van der Waals surface area contributed by atoms with Gasteiger partial charge in [0.1, 0.15) is 5.82 Å². The molecule has 3 aromatic carbocycles. The van der Waals surface area contributed by atoms with Gasteiger partial charge < -0.3 is 9.47 Å². The summed E-state index contributed by atoms with van der Waals surface area (Å²) in [5.74, 6) is -11.4. The van der Waals surface area contributed by atoms with Crippen LogP contribution in [0.15, 0.2) is 42.5 Å². The Labute approximate surface area is 216 Å². The number of hydrogen-bond donors (Lipinski definition) is 0. The summed E-state index contributed by atoms with van der Waals surface area (Å²) < 4.78 is 145. The van der Waals surface area contributed by atoms with Crippen molar-refractivity contribution < 1.29 is 53.4 Å². The van der Waals surface area contributed by atoms with Gasteiger partial charge in [-0.15, -0.1) is 13.2 Å². The third-order valence-corrected chi connectivity index (χ3v) is 6.57. The Morgan fingerprint density at radius 1 is 0.641 bits per heavy atom. The van der Waals surface area contributed by atoms with Gasteiger partial charge in [0.2, 0.25) is 5.75 Å². The van der Waals surface area contributed by atoms with Gasteiger partial charge in [0.05, 0.1) is 5.56 Å². The Morgan fingerprint density at radius 2 is 1.15 bits per heavy atom. The molecule has 0 aliphatic heterocycles. The number of alkyl halides is 5. The summed E-state index contributed by atoms with van der Waals surface area (Å²) in [6.45, 7) is 2.13. The summed E-state index contributed by atoms with van der Waals surface area (Å²) >= 11 is 0. The second-order valence-electron chi connectivity index (χ2n) is 9.40. The summed E-state index contributed by atoms with van der Waals surface area (Å²) in [4.78, 5) is 0. The zero-order chi connectivity index (χ0) is 28.7. The molecule has 1 aliphatic carbocycles. The highest BCUT2D eigenvalue weighted by Gasteiger charge is 2.40. The molecule has 0 amide bonds. The molecule has 0 aromatic heterocycles. The minimum Gasteiger partial charge on any atom is -0.423 e. The van der Waals surface area contributed by atoms with E-state index in [2.05, 4.69) is 16.4 Å². The monoisotopic (exact) mass is 566 g/mol. The lowest BCUT2D eigenvalue weighted by Crippen LogP contribution is -2.24. The summed E-state index contributed by atoms with van der Waals surface area (Å²) in [7, 11) is 0. The molecule has 39 heavy (non-hydrogen) atoms. The van der Waals surface area contributed by atoms with Gasteiger partial charge in [0, 0.05) is 5.56 Å². The molecule has 0 saturated heterocycles. The second kappa shape index (κ2) is 10.6. The Kier molecular flexibility index (Phi) is 7.77. The van der Waals surface area contributed by atoms with Crippen molar-refractivity contribution in [2.75, 3.05) is 0 Å². The zero-order valence-electron chi connectivity index (χ0n) is 20.1. The number of benzene rings is 3. The molecule has 0 atom stereocenters. The Bertz CT molecular complexity index is 1320. The van der Waals surface area contributed by atoms with Crippen molar-refractivity contribution in [1.82, 2.24) is 0 Å². The third-order valence-electron chi connectivity index (χ3n) is 6.57. The van der Waals surface area contributed by atoms with Gasteiger partial charge in [-0.25, -0.2) is 22.0 Å². The molecule has 2 nitrogen and oxygen atoms in total. The lowest BCUT2D eigenvalue weighted by atomic mass is 9.79. The Balaban J connectivity index is 1.58. The molecule has 0 N–H and O–H groups in total. The van der Waals surface area contributed by atoms with Gasteiger partial charge >= 0.3 is 12.5 Å². The fraction of sp³-hybridized carbons (Fsp3) is 0.333. The average Bonchev–Trinajstić information content (AvgIpc) is 2.83. The summed E-state index contributed by atoms with van der Waals surface area (Å²) in [5, 5.41) is 0. The molecule has 0 spiro atoms. The van der Waals surface area contributed by atoms with E-state index in [1.807, 2.05) is 0 Å². The van der Waals surface area contributed by atoms with Crippen molar-refractivity contribution in [3.8, 4) is 22.6 Å². The van der Waals surface area contributed by atoms with Gasteiger partial charge in [-0.05, 0) is 66.1 Å². The smallest absolute Gasteiger partial charge is 0.423 e. The van der Waals surface area contributed by atoms with Crippen LogP contribution in [0.4, 0.5) is 43.9 Å². The number of ether oxygens (including phenoxy) is 2. The predicted octanol–water partition coefficient (Wildman–Crippen LogP) is 9.37. The molecule has 1 fully saturated rings. The van der Waals surface area contributed by atoms with E-state index in [4.69, 9.17) is 0 Å². The molecule has 0 radical (unpaired) electrons. The van der Waals surface area contributed by atoms with Gasteiger partial charge in [0.25, 0.3) is 0 Å². The molecule has 1 saturated carbocycles. The quantitative estimate of drug-likeness (QED) is 0.277. The van der Waals surface area contributed by atoms with Gasteiger partial charge in [0.15, 0.2) is 29.0 Å². The number of rotatable bonds is 6. The fourth-order valence-corrected chi connectivity index (χ4v) is 4.55. The van der Waals surface area contributed by atoms with E-state index >= 15 is 0 Å². The maximum atomic E-state index is 14.9. The van der Waals surface area contributed by atoms with Crippen LogP contribution in [0.5, 0.6) is 11.5 Å². The van der Waals surface area contributed by atoms with Crippen LogP contribution in [0.2, 0.25) is 0 Å². The molecule has 4 rings (SSSR count). The topological polar surface area (TPSA) is 18.5 Å². The average molecular weight is 566 g/mol. The minimum absolute atomic E-state index is 0.139. The molecular weight excluding hydrogens is 546 g/mol. The van der Waals surface area contributed by atoms with Crippen LogP contribution < -0.4 is 9.47 Å². The van der Waals surface area contributed by atoms with Gasteiger partial charge in [-0.2, -0.15) is 8.78 Å². The van der Waals surface area contributed by atoms with E-state index in [0.29, 0.717) is 18.1 Å². The van der Waals surface area contributed by atoms with Crippen molar-refractivity contribution >= 4 is 0 Å². The number of hydrogen-bond acceptors (Lipinski definition) is 2. The first-order valence-electron chi connectivity index (χ1n) is 11.8. The SMILES string of the molecule is CC1CCC(c2ccc(-c3cc(F)c(OC(F)(F)c4cc(F)c(OC(F)(F)F)c(F)c4)c(F)c3)c(F)c2)CC1. The van der Waals surface area contributed by atoms with Crippen LogP contribution >= 0.6 is 0 Å². The number of halogens is 10. The lowest BCUT2D eigenvalue weighted by Gasteiger charge is -2.26. The van der Waals surface area contributed by atoms with Crippen LogP contribution in [0.25, 0.3) is 11.1 Å². The fourth-order valence-electron chi connectivity index (χ4n) is 4.55. The van der Waals surface area contributed by atoms with Crippen LogP contribution in [0.3, 0.4) is 0 Å².